The van der Waals surface area contributed by atoms with Crippen molar-refractivity contribution in [3.8, 4) is 23.0 Å². The van der Waals surface area contributed by atoms with Gasteiger partial charge >= 0.3 is 0 Å². The highest BCUT2D eigenvalue weighted by Gasteiger charge is 2.29. The van der Waals surface area contributed by atoms with E-state index >= 15 is 0 Å². The van der Waals surface area contributed by atoms with Crippen molar-refractivity contribution in [1.29, 1.82) is 0 Å². The third-order valence-corrected chi connectivity index (χ3v) is 6.40. The van der Waals surface area contributed by atoms with Crippen LogP contribution in [-0.2, 0) is 13.1 Å². The zero-order valence-electron chi connectivity index (χ0n) is 19.2. The molecule has 6 nitrogen and oxygen atoms in total. The maximum atomic E-state index is 9.74. The first-order valence-electron chi connectivity index (χ1n) is 11.6. The first kappa shape index (κ1) is 22.1. The molecule has 4 aromatic rings. The van der Waals surface area contributed by atoms with Crippen LogP contribution >= 0.6 is 0 Å². The zero-order valence-corrected chi connectivity index (χ0v) is 19.2. The van der Waals surface area contributed by atoms with Crippen LogP contribution < -0.4 is 5.32 Å². The van der Waals surface area contributed by atoms with Crippen molar-refractivity contribution in [3.05, 3.63) is 96.2 Å². The molecular formula is C28H28N4O2. The monoisotopic (exact) mass is 452 g/mol. The lowest BCUT2D eigenvalue weighted by atomic mass is 9.75. The van der Waals surface area contributed by atoms with Crippen LogP contribution in [0.3, 0.4) is 0 Å². The van der Waals surface area contributed by atoms with Gasteiger partial charge in [-0.25, -0.2) is 9.97 Å². The second-order valence-electron chi connectivity index (χ2n) is 8.82. The molecule has 1 aliphatic carbocycles. The Bertz CT molecular complexity index is 1260. The number of aliphatic hydroxyl groups excluding tert-OH is 1. The summed E-state index contributed by atoms with van der Waals surface area (Å²) in [6.07, 6.45) is 8.39. The lowest BCUT2D eigenvalue weighted by Crippen LogP contribution is -2.39. The second kappa shape index (κ2) is 10.1. The van der Waals surface area contributed by atoms with Crippen molar-refractivity contribution in [1.82, 2.24) is 19.9 Å². The lowest BCUT2D eigenvalue weighted by Gasteiger charge is -2.36. The van der Waals surface area contributed by atoms with Crippen molar-refractivity contribution in [3.63, 3.8) is 0 Å². The highest BCUT2D eigenvalue weighted by molar-refractivity contribution is 5.64. The van der Waals surface area contributed by atoms with Gasteiger partial charge in [-0.1, -0.05) is 48.2 Å². The molecular weight excluding hydrogens is 424 g/mol. The standard InChI is InChI=1S/C28H28N4O2/c1-20(33)28-29-12-14-32(28)13-2-3-21-4-6-22(7-5-21)23-8-10-24(11-9-23)25-15-26(16-25)30-17-27-18-34-19-31-27/h4-12,14,18-20,25-26,30,33H,13,15-17H2,1H3/t20-,25?,26?/m0/s1. The van der Waals surface area contributed by atoms with E-state index < -0.39 is 6.10 Å². The lowest BCUT2D eigenvalue weighted by molar-refractivity contribution is 0.184. The Morgan fingerprint density at radius 2 is 1.82 bits per heavy atom. The summed E-state index contributed by atoms with van der Waals surface area (Å²) in [4.78, 5) is 8.32. The molecule has 1 saturated carbocycles. The van der Waals surface area contributed by atoms with Crippen LogP contribution in [0.15, 0.2) is 78.0 Å². The van der Waals surface area contributed by atoms with E-state index in [1.165, 1.54) is 23.1 Å². The predicted molar refractivity (Wildman–Crippen MR) is 131 cm³/mol. The van der Waals surface area contributed by atoms with E-state index in [0.29, 0.717) is 24.3 Å². The van der Waals surface area contributed by atoms with Crippen molar-refractivity contribution in [2.45, 2.75) is 50.9 Å². The Balaban J connectivity index is 1.14. The van der Waals surface area contributed by atoms with Crippen LogP contribution in [0.2, 0.25) is 0 Å². The summed E-state index contributed by atoms with van der Waals surface area (Å²) in [7, 11) is 0. The third-order valence-electron chi connectivity index (χ3n) is 6.40. The molecule has 0 aliphatic heterocycles. The molecule has 172 valence electrons. The van der Waals surface area contributed by atoms with Gasteiger partial charge in [0.15, 0.2) is 6.39 Å². The first-order valence-corrected chi connectivity index (χ1v) is 11.6. The fraction of sp³-hybridized carbons (Fsp3) is 0.286. The van der Waals surface area contributed by atoms with Gasteiger partial charge in [0.05, 0.1) is 12.2 Å². The molecule has 1 atom stereocenters. The Morgan fingerprint density at radius 1 is 1.09 bits per heavy atom. The minimum absolute atomic E-state index is 0.501. The zero-order chi connectivity index (χ0) is 23.3. The summed E-state index contributed by atoms with van der Waals surface area (Å²) in [6, 6.07) is 17.8. The number of aliphatic hydroxyl groups is 1. The van der Waals surface area contributed by atoms with E-state index in [1.807, 2.05) is 10.8 Å². The normalized spacial score (nSPS) is 18.1. The van der Waals surface area contributed by atoms with Gasteiger partial charge in [-0.2, -0.15) is 0 Å². The molecule has 0 amide bonds. The maximum absolute atomic E-state index is 9.74. The Labute approximate surface area is 199 Å². The number of nitrogens with zero attached hydrogens (tertiary/aromatic N) is 3. The van der Waals surface area contributed by atoms with Gasteiger partial charge in [-0.05, 0) is 54.5 Å². The molecule has 0 radical (unpaired) electrons. The molecule has 0 bridgehead atoms. The molecule has 0 unspecified atom stereocenters. The van der Waals surface area contributed by atoms with Gasteiger partial charge in [-0.3, -0.25) is 0 Å². The third kappa shape index (κ3) is 5.12. The van der Waals surface area contributed by atoms with Gasteiger partial charge in [0.1, 0.15) is 18.2 Å². The number of benzene rings is 2. The number of nitrogens with one attached hydrogen (secondary N) is 1. The van der Waals surface area contributed by atoms with Crippen LogP contribution in [-0.4, -0.2) is 25.7 Å². The number of hydrogen-bond donors (Lipinski definition) is 2. The number of imidazole rings is 1. The van der Waals surface area contributed by atoms with Gasteiger partial charge in [0, 0.05) is 30.5 Å². The van der Waals surface area contributed by atoms with Gasteiger partial charge in [0.2, 0.25) is 0 Å². The van der Waals surface area contributed by atoms with E-state index in [-0.39, 0.29) is 0 Å². The van der Waals surface area contributed by atoms with Crippen LogP contribution in [0, 0.1) is 11.8 Å². The Kier molecular flexibility index (Phi) is 6.57. The van der Waals surface area contributed by atoms with E-state index in [1.54, 1.807) is 19.4 Å². The maximum Gasteiger partial charge on any atom is 0.180 e. The number of rotatable bonds is 7. The fourth-order valence-corrected chi connectivity index (χ4v) is 4.37. The molecule has 5 rings (SSSR count). The largest absolute Gasteiger partial charge is 0.451 e. The smallest absolute Gasteiger partial charge is 0.180 e. The Morgan fingerprint density at radius 3 is 2.50 bits per heavy atom. The molecule has 2 aromatic heterocycles. The van der Waals surface area contributed by atoms with Gasteiger partial charge in [-0.15, -0.1) is 0 Å². The summed E-state index contributed by atoms with van der Waals surface area (Å²) in [5.74, 6) is 7.61. The number of aromatic nitrogens is 3. The summed E-state index contributed by atoms with van der Waals surface area (Å²) in [5, 5.41) is 13.3. The summed E-state index contributed by atoms with van der Waals surface area (Å²) in [5.41, 5.74) is 5.72. The van der Waals surface area contributed by atoms with Crippen LogP contribution in [0.4, 0.5) is 0 Å². The molecule has 2 heterocycles. The predicted octanol–water partition coefficient (Wildman–Crippen LogP) is 4.68. The summed E-state index contributed by atoms with van der Waals surface area (Å²) >= 11 is 0. The van der Waals surface area contributed by atoms with Gasteiger partial charge < -0.3 is 19.4 Å². The summed E-state index contributed by atoms with van der Waals surface area (Å²) in [6.45, 7) is 2.97. The molecule has 6 heteroatoms. The average molecular weight is 453 g/mol. The van der Waals surface area contributed by atoms with Crippen molar-refractivity contribution >= 4 is 0 Å². The molecule has 1 fully saturated rings. The molecule has 34 heavy (non-hydrogen) atoms. The van der Waals surface area contributed by atoms with E-state index in [9.17, 15) is 5.11 Å². The van der Waals surface area contributed by atoms with E-state index in [4.69, 9.17) is 4.42 Å². The van der Waals surface area contributed by atoms with E-state index in [0.717, 1.165) is 30.6 Å². The highest BCUT2D eigenvalue weighted by atomic mass is 16.3. The minimum atomic E-state index is -0.602. The topological polar surface area (TPSA) is 76.1 Å². The summed E-state index contributed by atoms with van der Waals surface area (Å²) < 4.78 is 6.88. The SMILES string of the molecule is C[C@H](O)c1nccn1CC#Cc1ccc(-c2ccc(C3CC(NCc4cocn4)C3)cc2)cc1. The fourth-order valence-electron chi connectivity index (χ4n) is 4.37. The van der Waals surface area contributed by atoms with Crippen LogP contribution in [0.25, 0.3) is 11.1 Å². The highest BCUT2D eigenvalue weighted by Crippen LogP contribution is 2.37. The van der Waals surface area contributed by atoms with E-state index in [2.05, 4.69) is 75.7 Å². The Hall–Kier alpha value is -3.66. The molecule has 0 saturated heterocycles. The minimum Gasteiger partial charge on any atom is -0.451 e. The van der Waals surface area contributed by atoms with Crippen molar-refractivity contribution < 1.29 is 9.52 Å². The van der Waals surface area contributed by atoms with Crippen LogP contribution in [0.5, 0.6) is 0 Å². The number of oxazole rings is 1. The first-order chi connectivity index (χ1) is 16.7. The van der Waals surface area contributed by atoms with Gasteiger partial charge in [0.25, 0.3) is 0 Å². The molecule has 0 spiro atoms. The second-order valence-corrected chi connectivity index (χ2v) is 8.82. The number of hydrogen-bond acceptors (Lipinski definition) is 5. The molecule has 1 aliphatic rings. The van der Waals surface area contributed by atoms with Crippen LogP contribution in [0.1, 0.15) is 54.4 Å². The van der Waals surface area contributed by atoms with Crippen molar-refractivity contribution in [2.75, 3.05) is 0 Å². The molecule has 2 aromatic carbocycles. The average Bonchev–Trinajstić information content (AvgIpc) is 3.51. The van der Waals surface area contributed by atoms with Crippen molar-refractivity contribution in [2.24, 2.45) is 0 Å². The quantitative estimate of drug-likeness (QED) is 0.398. The molecule has 2 N–H and O–H groups in total.